The molecule has 1 aliphatic heterocycles. The lowest BCUT2D eigenvalue weighted by molar-refractivity contribution is 0.246. The summed E-state index contributed by atoms with van der Waals surface area (Å²) in [5, 5.41) is 17.5. The van der Waals surface area contributed by atoms with Crippen molar-refractivity contribution >= 4 is 22.8 Å². The molecule has 0 spiro atoms. The molecule has 0 unspecified atom stereocenters. The molecule has 0 bridgehead atoms. The molecule has 7 nitrogen and oxygen atoms in total. The third-order valence-electron chi connectivity index (χ3n) is 4.84. The molecule has 0 N–H and O–H groups in total. The van der Waals surface area contributed by atoms with Gasteiger partial charge in [0.2, 0.25) is 0 Å². The van der Waals surface area contributed by atoms with E-state index in [1.807, 2.05) is 46.4 Å². The van der Waals surface area contributed by atoms with Crippen LogP contribution in [0.5, 0.6) is 0 Å². The number of pyridine rings is 1. The fourth-order valence-corrected chi connectivity index (χ4v) is 4.01. The van der Waals surface area contributed by atoms with Crippen molar-refractivity contribution in [3.63, 3.8) is 0 Å². The molecular formula is C19H19N7S. The maximum absolute atomic E-state index is 4.82. The lowest BCUT2D eigenvalue weighted by Gasteiger charge is -2.35. The number of aromatic nitrogens is 5. The summed E-state index contributed by atoms with van der Waals surface area (Å²) in [5.74, 6) is 1.76. The molecule has 5 heterocycles. The maximum Gasteiger partial charge on any atom is 0.186 e. The van der Waals surface area contributed by atoms with Crippen LogP contribution in [-0.2, 0) is 6.54 Å². The Morgan fingerprint density at radius 3 is 2.67 bits per heavy atom. The van der Waals surface area contributed by atoms with Crippen LogP contribution in [-0.4, -0.2) is 55.9 Å². The van der Waals surface area contributed by atoms with E-state index >= 15 is 0 Å². The Kier molecular flexibility index (Phi) is 4.27. The van der Waals surface area contributed by atoms with Crippen LogP contribution in [0.2, 0.25) is 0 Å². The normalized spacial score (nSPS) is 15.5. The van der Waals surface area contributed by atoms with Crippen molar-refractivity contribution in [2.24, 2.45) is 0 Å². The Balaban J connectivity index is 1.32. The van der Waals surface area contributed by atoms with E-state index in [1.54, 1.807) is 11.3 Å². The molecule has 1 fully saturated rings. The van der Waals surface area contributed by atoms with E-state index in [0.29, 0.717) is 0 Å². The van der Waals surface area contributed by atoms with Crippen LogP contribution >= 0.6 is 11.3 Å². The average Bonchev–Trinajstić information content (AvgIpc) is 3.38. The quantitative estimate of drug-likeness (QED) is 0.545. The Morgan fingerprint density at radius 1 is 0.963 bits per heavy atom. The monoisotopic (exact) mass is 377 g/mol. The highest BCUT2D eigenvalue weighted by Crippen LogP contribution is 2.22. The zero-order chi connectivity index (χ0) is 18.1. The molecular weight excluding hydrogens is 358 g/mol. The minimum atomic E-state index is 0.772. The van der Waals surface area contributed by atoms with E-state index in [2.05, 4.69) is 36.4 Å². The summed E-state index contributed by atoms with van der Waals surface area (Å²) in [4.78, 5) is 9.19. The highest BCUT2D eigenvalue weighted by Gasteiger charge is 2.20. The van der Waals surface area contributed by atoms with Crippen LogP contribution in [0.4, 0.5) is 5.82 Å². The second kappa shape index (κ2) is 7.05. The lowest BCUT2D eigenvalue weighted by atomic mass is 10.2. The molecule has 4 aromatic rings. The van der Waals surface area contributed by atoms with Crippen molar-refractivity contribution in [3.05, 3.63) is 59.0 Å². The van der Waals surface area contributed by atoms with Gasteiger partial charge in [0.15, 0.2) is 11.5 Å². The number of hydrogen-bond donors (Lipinski definition) is 0. The third-order valence-corrected chi connectivity index (χ3v) is 5.52. The van der Waals surface area contributed by atoms with E-state index in [9.17, 15) is 0 Å². The van der Waals surface area contributed by atoms with Crippen molar-refractivity contribution in [3.8, 4) is 11.4 Å². The van der Waals surface area contributed by atoms with Gasteiger partial charge in [0.25, 0.3) is 0 Å². The number of rotatable bonds is 4. The summed E-state index contributed by atoms with van der Waals surface area (Å²) in [6, 6.07) is 12.2. The first-order chi connectivity index (χ1) is 13.4. The fourth-order valence-electron chi connectivity index (χ4n) is 3.38. The van der Waals surface area contributed by atoms with E-state index in [-0.39, 0.29) is 0 Å². The highest BCUT2D eigenvalue weighted by atomic mass is 32.1. The number of fused-ring (bicyclic) bond motifs is 1. The zero-order valence-corrected chi connectivity index (χ0v) is 15.6. The van der Waals surface area contributed by atoms with E-state index in [1.165, 1.54) is 0 Å². The van der Waals surface area contributed by atoms with Crippen molar-refractivity contribution in [2.45, 2.75) is 6.54 Å². The first-order valence-electron chi connectivity index (χ1n) is 8.99. The molecule has 0 radical (unpaired) electrons. The van der Waals surface area contributed by atoms with Gasteiger partial charge in [0.05, 0.1) is 5.69 Å². The van der Waals surface area contributed by atoms with Crippen molar-refractivity contribution in [1.29, 1.82) is 0 Å². The van der Waals surface area contributed by atoms with Gasteiger partial charge in [-0.3, -0.25) is 9.88 Å². The summed E-state index contributed by atoms with van der Waals surface area (Å²) < 4.78 is 1.84. The van der Waals surface area contributed by atoms with Crippen molar-refractivity contribution in [2.75, 3.05) is 31.1 Å². The van der Waals surface area contributed by atoms with Gasteiger partial charge in [-0.15, -0.1) is 15.3 Å². The Labute approximate surface area is 160 Å². The van der Waals surface area contributed by atoms with Gasteiger partial charge in [-0.1, -0.05) is 6.07 Å². The van der Waals surface area contributed by atoms with Gasteiger partial charge in [0.1, 0.15) is 5.82 Å². The summed E-state index contributed by atoms with van der Waals surface area (Å²) >= 11 is 1.65. The summed E-state index contributed by atoms with van der Waals surface area (Å²) in [6.07, 6.45) is 1.86. The van der Waals surface area contributed by atoms with Gasteiger partial charge < -0.3 is 4.90 Å². The van der Waals surface area contributed by atoms with Gasteiger partial charge in [-0.2, -0.15) is 15.9 Å². The molecule has 136 valence electrons. The topological polar surface area (TPSA) is 62.5 Å². The van der Waals surface area contributed by atoms with Gasteiger partial charge >= 0.3 is 0 Å². The average molecular weight is 377 g/mol. The molecule has 5 rings (SSSR count). The molecule has 0 saturated carbocycles. The molecule has 0 aliphatic carbocycles. The fraction of sp³-hybridized carbons (Fsp3) is 0.263. The van der Waals surface area contributed by atoms with Crippen LogP contribution in [0, 0.1) is 0 Å². The summed E-state index contributed by atoms with van der Waals surface area (Å²) in [7, 11) is 0. The lowest BCUT2D eigenvalue weighted by Crippen LogP contribution is -2.46. The molecule has 1 aliphatic rings. The number of piperazine rings is 1. The number of nitrogens with zero attached hydrogens (tertiary/aromatic N) is 7. The number of hydrogen-bond acceptors (Lipinski definition) is 7. The minimum Gasteiger partial charge on any atom is -0.353 e. The molecule has 0 atom stereocenters. The molecule has 0 amide bonds. The van der Waals surface area contributed by atoms with Crippen LogP contribution in [0.15, 0.2) is 53.4 Å². The predicted octanol–water partition coefficient (Wildman–Crippen LogP) is 2.57. The van der Waals surface area contributed by atoms with Crippen LogP contribution in [0.25, 0.3) is 17.0 Å². The van der Waals surface area contributed by atoms with Crippen molar-refractivity contribution in [1.82, 2.24) is 29.7 Å². The molecule has 27 heavy (non-hydrogen) atoms. The Morgan fingerprint density at radius 2 is 1.89 bits per heavy atom. The standard InChI is InChI=1S/C19H19N7S/c1-2-7-20-16(3-1)13-24-8-10-25(11-9-24)18-5-4-17-21-22-19(26(17)23-18)15-6-12-27-14-15/h1-7,12,14H,8-11,13H2. The molecule has 1 saturated heterocycles. The first kappa shape index (κ1) is 16.3. The van der Waals surface area contributed by atoms with Crippen LogP contribution in [0.3, 0.4) is 0 Å². The molecule has 0 aromatic carbocycles. The molecule has 8 heteroatoms. The van der Waals surface area contributed by atoms with E-state index in [4.69, 9.17) is 5.10 Å². The summed E-state index contributed by atoms with van der Waals surface area (Å²) in [6.45, 7) is 4.78. The molecule has 4 aromatic heterocycles. The van der Waals surface area contributed by atoms with Crippen LogP contribution < -0.4 is 4.90 Å². The number of anilines is 1. The second-order valence-electron chi connectivity index (χ2n) is 6.58. The van der Waals surface area contributed by atoms with Gasteiger partial charge in [0, 0.05) is 49.9 Å². The Hall–Kier alpha value is -2.84. The highest BCUT2D eigenvalue weighted by molar-refractivity contribution is 7.08. The largest absolute Gasteiger partial charge is 0.353 e. The maximum atomic E-state index is 4.82. The van der Waals surface area contributed by atoms with Gasteiger partial charge in [-0.25, -0.2) is 0 Å². The number of thiophene rings is 1. The van der Waals surface area contributed by atoms with E-state index < -0.39 is 0 Å². The minimum absolute atomic E-state index is 0.772. The smallest absolute Gasteiger partial charge is 0.186 e. The van der Waals surface area contributed by atoms with Gasteiger partial charge in [-0.05, 0) is 35.7 Å². The first-order valence-corrected chi connectivity index (χ1v) is 9.93. The zero-order valence-electron chi connectivity index (χ0n) is 14.8. The third kappa shape index (κ3) is 3.29. The summed E-state index contributed by atoms with van der Waals surface area (Å²) in [5.41, 5.74) is 2.95. The Bertz CT molecular complexity index is 1020. The van der Waals surface area contributed by atoms with E-state index in [0.717, 1.165) is 61.3 Å². The second-order valence-corrected chi connectivity index (χ2v) is 7.36. The predicted molar refractivity (Wildman–Crippen MR) is 106 cm³/mol. The van der Waals surface area contributed by atoms with Crippen molar-refractivity contribution < 1.29 is 0 Å². The SMILES string of the molecule is c1ccc(CN2CCN(c3ccc4nnc(-c5ccsc5)n4n3)CC2)nc1. The van der Waals surface area contributed by atoms with Crippen LogP contribution in [0.1, 0.15) is 5.69 Å².